The summed E-state index contributed by atoms with van der Waals surface area (Å²) in [6.07, 6.45) is 0. The fourth-order valence-electron chi connectivity index (χ4n) is 8.85. The normalized spacial score (nSPS) is 13.1. The molecule has 0 spiro atoms. The largest absolute Gasteiger partial charge is 0.0622 e. The van der Waals surface area contributed by atoms with Crippen LogP contribution in [-0.2, 0) is 5.41 Å². The first-order valence-electron chi connectivity index (χ1n) is 17.9. The highest BCUT2D eigenvalue weighted by Crippen LogP contribution is 2.52. The van der Waals surface area contributed by atoms with Crippen LogP contribution in [0.15, 0.2) is 182 Å². The highest BCUT2D eigenvalue weighted by Gasteiger charge is 2.35. The van der Waals surface area contributed by atoms with E-state index in [4.69, 9.17) is 0 Å². The molecule has 51 heavy (non-hydrogen) atoms. The van der Waals surface area contributed by atoms with Gasteiger partial charge in [-0.2, -0.15) is 0 Å². The molecule has 0 fully saturated rings. The molecule has 0 nitrogen and oxygen atoms in total. The third-order valence-electron chi connectivity index (χ3n) is 11.3. The van der Waals surface area contributed by atoms with Crippen LogP contribution in [0.25, 0.3) is 88.0 Å². The molecule has 1 aliphatic rings. The Morgan fingerprint density at radius 3 is 1.69 bits per heavy atom. The van der Waals surface area contributed by atoms with Crippen molar-refractivity contribution in [1.29, 1.82) is 0 Å². The second kappa shape index (κ2) is 11.4. The van der Waals surface area contributed by atoms with Crippen LogP contribution in [0.2, 0.25) is 0 Å². The molecule has 0 saturated carbocycles. The third-order valence-corrected chi connectivity index (χ3v) is 11.3. The Balaban J connectivity index is 1.32. The van der Waals surface area contributed by atoms with E-state index in [0.717, 1.165) is 0 Å². The van der Waals surface area contributed by atoms with E-state index in [-0.39, 0.29) is 5.41 Å². The molecule has 1 aliphatic carbocycles. The van der Waals surface area contributed by atoms with Gasteiger partial charge in [0.25, 0.3) is 0 Å². The van der Waals surface area contributed by atoms with Gasteiger partial charge in [-0.15, -0.1) is 0 Å². The van der Waals surface area contributed by atoms with Crippen molar-refractivity contribution < 1.29 is 0 Å². The lowest BCUT2D eigenvalue weighted by atomic mass is 9.80. The minimum atomic E-state index is -0.0871. The van der Waals surface area contributed by atoms with Crippen molar-refractivity contribution in [1.82, 2.24) is 0 Å². The number of hydrogen-bond acceptors (Lipinski definition) is 0. The van der Waals surface area contributed by atoms with Crippen LogP contribution < -0.4 is 0 Å². The molecule has 9 aromatic rings. The first kappa shape index (κ1) is 29.7. The summed E-state index contributed by atoms with van der Waals surface area (Å²) in [5.41, 5.74) is 15.4. The highest BCUT2D eigenvalue weighted by atomic mass is 14.4. The van der Waals surface area contributed by atoms with E-state index >= 15 is 0 Å². The zero-order valence-electron chi connectivity index (χ0n) is 28.8. The predicted molar refractivity (Wildman–Crippen MR) is 218 cm³/mol. The minimum absolute atomic E-state index is 0.0871. The Morgan fingerprint density at radius 1 is 0.294 bits per heavy atom. The summed E-state index contributed by atoms with van der Waals surface area (Å²) in [6, 6.07) is 67.5. The number of hydrogen-bond donors (Lipinski definition) is 0. The Kier molecular flexibility index (Phi) is 6.63. The van der Waals surface area contributed by atoms with Crippen molar-refractivity contribution in [2.45, 2.75) is 19.3 Å². The number of rotatable bonds is 4. The lowest BCUT2D eigenvalue weighted by Gasteiger charge is -2.23. The molecule has 0 N–H and O–H groups in total. The maximum absolute atomic E-state index is 2.48. The van der Waals surface area contributed by atoms with Gasteiger partial charge in [0.15, 0.2) is 0 Å². The molecule has 10 rings (SSSR count). The van der Waals surface area contributed by atoms with Gasteiger partial charge in [-0.3, -0.25) is 0 Å². The standard InChI is InChI=1S/C51H36/c1-51(2)47-26-13-12-21-40(47)41-29-28-36(32-48(41)51)49-43-23-10-11-24-44(43)50(42-22-9-8-20-38(42)33-15-4-3-5-16-33)45-30-27-35(31-46(45)49)39-25-14-18-34-17-6-7-19-37(34)39/h3-32H,1-2H3. The van der Waals surface area contributed by atoms with Crippen LogP contribution in [-0.4, -0.2) is 0 Å². The van der Waals surface area contributed by atoms with Crippen LogP contribution in [0.1, 0.15) is 25.0 Å². The van der Waals surface area contributed by atoms with Gasteiger partial charge in [0.2, 0.25) is 0 Å². The molecule has 0 aliphatic heterocycles. The lowest BCUT2D eigenvalue weighted by Crippen LogP contribution is -2.14. The highest BCUT2D eigenvalue weighted by molar-refractivity contribution is 6.23. The van der Waals surface area contributed by atoms with Gasteiger partial charge in [-0.1, -0.05) is 184 Å². The SMILES string of the molecule is CC1(C)c2ccccc2-c2ccc(-c3c4ccccc4c(-c4ccccc4-c4ccccc4)c4ccc(-c5cccc6ccccc56)cc34)cc21. The topological polar surface area (TPSA) is 0 Å². The maximum atomic E-state index is 2.48. The van der Waals surface area contributed by atoms with Gasteiger partial charge in [0.1, 0.15) is 0 Å². The number of benzene rings is 9. The predicted octanol–water partition coefficient (Wildman–Crippen LogP) is 14.1. The molecule has 0 bridgehead atoms. The molecule has 9 aromatic carbocycles. The van der Waals surface area contributed by atoms with E-state index in [9.17, 15) is 0 Å². The third kappa shape index (κ3) is 4.53. The summed E-state index contributed by atoms with van der Waals surface area (Å²) >= 11 is 0. The smallest absolute Gasteiger partial charge is 0.0159 e. The van der Waals surface area contributed by atoms with Gasteiger partial charge < -0.3 is 0 Å². The van der Waals surface area contributed by atoms with Crippen molar-refractivity contribution in [3.63, 3.8) is 0 Å². The molecule has 0 radical (unpaired) electrons. The second-order valence-corrected chi connectivity index (χ2v) is 14.4. The zero-order valence-corrected chi connectivity index (χ0v) is 28.8. The van der Waals surface area contributed by atoms with Crippen LogP contribution >= 0.6 is 0 Å². The van der Waals surface area contributed by atoms with Crippen molar-refractivity contribution in [3.05, 3.63) is 193 Å². The lowest BCUT2D eigenvalue weighted by molar-refractivity contribution is 0.660. The molecule has 0 aromatic heterocycles. The summed E-state index contributed by atoms with van der Waals surface area (Å²) in [6.45, 7) is 4.75. The molecular weight excluding hydrogens is 613 g/mol. The average molecular weight is 649 g/mol. The molecule has 0 amide bonds. The van der Waals surface area contributed by atoms with Crippen molar-refractivity contribution in [2.75, 3.05) is 0 Å². The Morgan fingerprint density at radius 2 is 0.863 bits per heavy atom. The molecular formula is C51H36. The fraction of sp³-hybridized carbons (Fsp3) is 0.0588. The van der Waals surface area contributed by atoms with Gasteiger partial charge in [-0.25, -0.2) is 0 Å². The maximum Gasteiger partial charge on any atom is 0.0159 e. The van der Waals surface area contributed by atoms with Crippen molar-refractivity contribution in [2.24, 2.45) is 0 Å². The summed E-state index contributed by atoms with van der Waals surface area (Å²) in [5, 5.41) is 7.60. The van der Waals surface area contributed by atoms with E-state index in [1.807, 2.05) is 0 Å². The Labute approximate surface area is 299 Å². The summed E-state index contributed by atoms with van der Waals surface area (Å²) < 4.78 is 0. The monoisotopic (exact) mass is 648 g/mol. The van der Waals surface area contributed by atoms with Crippen LogP contribution in [0.4, 0.5) is 0 Å². The van der Waals surface area contributed by atoms with Gasteiger partial charge >= 0.3 is 0 Å². The van der Waals surface area contributed by atoms with E-state index < -0.39 is 0 Å². The van der Waals surface area contributed by atoms with Gasteiger partial charge in [0.05, 0.1) is 0 Å². The molecule has 0 atom stereocenters. The molecule has 0 unspecified atom stereocenters. The quantitative estimate of drug-likeness (QED) is 0.167. The first-order valence-corrected chi connectivity index (χ1v) is 17.9. The van der Waals surface area contributed by atoms with E-state index in [1.54, 1.807) is 0 Å². The molecule has 0 heteroatoms. The Bertz CT molecular complexity index is 2810. The van der Waals surface area contributed by atoms with E-state index in [1.165, 1.54) is 99.1 Å². The molecule has 0 heterocycles. The van der Waals surface area contributed by atoms with Crippen LogP contribution in [0.3, 0.4) is 0 Å². The zero-order chi connectivity index (χ0) is 34.1. The van der Waals surface area contributed by atoms with Crippen LogP contribution in [0, 0.1) is 0 Å². The minimum Gasteiger partial charge on any atom is -0.0622 e. The summed E-state index contributed by atoms with van der Waals surface area (Å²) in [4.78, 5) is 0. The number of fused-ring (bicyclic) bond motifs is 6. The van der Waals surface area contributed by atoms with Crippen LogP contribution in [0.5, 0.6) is 0 Å². The van der Waals surface area contributed by atoms with E-state index in [2.05, 4.69) is 196 Å². The summed E-state index contributed by atoms with van der Waals surface area (Å²) in [7, 11) is 0. The second-order valence-electron chi connectivity index (χ2n) is 14.4. The molecule has 0 saturated heterocycles. The summed E-state index contributed by atoms with van der Waals surface area (Å²) in [5.74, 6) is 0. The van der Waals surface area contributed by atoms with E-state index in [0.29, 0.717) is 0 Å². The first-order chi connectivity index (χ1) is 25.1. The van der Waals surface area contributed by atoms with Crippen molar-refractivity contribution >= 4 is 32.3 Å². The average Bonchev–Trinajstić information content (AvgIpc) is 3.42. The Hall–Kier alpha value is -6.24. The van der Waals surface area contributed by atoms with Gasteiger partial charge in [-0.05, 0) is 111 Å². The van der Waals surface area contributed by atoms with Crippen molar-refractivity contribution in [3.8, 4) is 55.6 Å². The fourth-order valence-corrected chi connectivity index (χ4v) is 8.85. The molecule has 240 valence electrons. The van der Waals surface area contributed by atoms with Gasteiger partial charge in [0, 0.05) is 5.41 Å².